The number of alkyl halides is 3. The van der Waals surface area contributed by atoms with Gasteiger partial charge >= 0.3 is 6.09 Å². The molecule has 1 aromatic rings. The molecule has 126 valence electrons. The zero-order valence-electron chi connectivity index (χ0n) is 11.9. The maximum Gasteiger partial charge on any atom is 0.409 e. The van der Waals surface area contributed by atoms with Gasteiger partial charge in [-0.2, -0.15) is 5.06 Å². The van der Waals surface area contributed by atoms with E-state index in [9.17, 15) is 9.59 Å². The molecule has 2 rings (SSSR count). The fraction of sp³-hybridized carbons (Fsp3) is 0.385. The average molecular weight is 384 g/mol. The quantitative estimate of drug-likeness (QED) is 0.639. The second-order valence-electron chi connectivity index (χ2n) is 4.34. The molecule has 23 heavy (non-hydrogen) atoms. The second kappa shape index (κ2) is 7.44. The summed E-state index contributed by atoms with van der Waals surface area (Å²) in [5, 5.41) is 3.16. The van der Waals surface area contributed by atoms with Crippen LogP contribution >= 0.6 is 34.8 Å². The fourth-order valence-corrected chi connectivity index (χ4v) is 2.03. The van der Waals surface area contributed by atoms with Crippen LogP contribution in [-0.2, 0) is 14.4 Å². The Bertz CT molecular complexity index is 593. The molecule has 0 spiro atoms. The lowest BCUT2D eigenvalue weighted by atomic mass is 10.2. The van der Waals surface area contributed by atoms with Crippen LogP contribution in [0.2, 0.25) is 0 Å². The summed E-state index contributed by atoms with van der Waals surface area (Å²) in [6, 6.07) is 6.66. The van der Waals surface area contributed by atoms with Crippen molar-refractivity contribution in [3.8, 4) is 5.75 Å². The van der Waals surface area contributed by atoms with Crippen LogP contribution in [0.1, 0.15) is 6.92 Å². The standard InChI is InChI=1S/C13H13Cl3N2O5/c1-2-21-12(20)17-11(13(14,15)16)23-18-8-5-3-4-6-9(8)22-7-10(18)19/h3-6,11H,2,7H2,1H3,(H,17,20)/t11-/m0/s1. The number of carbonyl (C=O) groups is 2. The number of hydroxylamine groups is 1. The number of alkyl carbamates (subject to hydrolysis) is 1. The maximum atomic E-state index is 12.0. The van der Waals surface area contributed by atoms with E-state index in [1.165, 1.54) is 0 Å². The number of hydrogen-bond donors (Lipinski definition) is 1. The van der Waals surface area contributed by atoms with Gasteiger partial charge in [-0.25, -0.2) is 9.63 Å². The van der Waals surface area contributed by atoms with E-state index in [0.717, 1.165) is 5.06 Å². The molecule has 0 saturated carbocycles. The summed E-state index contributed by atoms with van der Waals surface area (Å²) in [6.07, 6.45) is -2.31. The largest absolute Gasteiger partial charge is 0.481 e. The third-order valence-electron chi connectivity index (χ3n) is 2.69. The predicted octanol–water partition coefficient (Wildman–Crippen LogP) is 2.79. The van der Waals surface area contributed by atoms with Crippen molar-refractivity contribution in [3.63, 3.8) is 0 Å². The minimum atomic E-state index is -2.04. The van der Waals surface area contributed by atoms with E-state index in [0.29, 0.717) is 11.4 Å². The number of halogens is 3. The summed E-state index contributed by atoms with van der Waals surface area (Å²) >= 11 is 17.4. The molecule has 1 aliphatic rings. The molecule has 10 heteroatoms. The van der Waals surface area contributed by atoms with Crippen LogP contribution in [0.15, 0.2) is 24.3 Å². The van der Waals surface area contributed by atoms with Crippen LogP contribution in [0.25, 0.3) is 0 Å². The first-order valence-corrected chi connectivity index (χ1v) is 7.68. The number of anilines is 1. The van der Waals surface area contributed by atoms with Gasteiger partial charge in [0.15, 0.2) is 6.61 Å². The molecule has 0 saturated heterocycles. The second-order valence-corrected chi connectivity index (χ2v) is 6.71. The Labute approximate surface area is 147 Å². The SMILES string of the molecule is CCOC(=O)N[C@@H](ON1C(=O)COc2ccccc21)C(Cl)(Cl)Cl. The number of hydrogen-bond acceptors (Lipinski definition) is 5. The zero-order valence-corrected chi connectivity index (χ0v) is 14.2. The molecule has 0 aromatic heterocycles. The molecular weight excluding hydrogens is 371 g/mol. The first kappa shape index (κ1) is 17.9. The number of amides is 2. The Morgan fingerprint density at radius 3 is 2.78 bits per heavy atom. The maximum absolute atomic E-state index is 12.0. The van der Waals surface area contributed by atoms with Gasteiger partial charge in [-0.05, 0) is 19.1 Å². The highest BCUT2D eigenvalue weighted by atomic mass is 35.6. The van der Waals surface area contributed by atoms with Crippen LogP contribution in [0.3, 0.4) is 0 Å². The Morgan fingerprint density at radius 1 is 1.43 bits per heavy atom. The van der Waals surface area contributed by atoms with Crippen LogP contribution in [0, 0.1) is 0 Å². The molecule has 0 unspecified atom stereocenters. The van der Waals surface area contributed by atoms with Crippen molar-refractivity contribution in [3.05, 3.63) is 24.3 Å². The van der Waals surface area contributed by atoms with Gasteiger partial charge in [-0.1, -0.05) is 46.9 Å². The van der Waals surface area contributed by atoms with Gasteiger partial charge in [0.25, 0.3) is 5.91 Å². The molecule has 0 fully saturated rings. The molecule has 1 heterocycles. The summed E-state index contributed by atoms with van der Waals surface area (Å²) < 4.78 is 7.95. The van der Waals surface area contributed by atoms with Gasteiger partial charge in [0.2, 0.25) is 10.0 Å². The van der Waals surface area contributed by atoms with Crippen molar-refractivity contribution < 1.29 is 23.9 Å². The third kappa shape index (κ3) is 4.54. The van der Waals surface area contributed by atoms with Crippen LogP contribution < -0.4 is 15.1 Å². The van der Waals surface area contributed by atoms with Gasteiger partial charge in [0.1, 0.15) is 11.4 Å². The van der Waals surface area contributed by atoms with Gasteiger partial charge in [-0.3, -0.25) is 10.1 Å². The first-order chi connectivity index (χ1) is 10.8. The van der Waals surface area contributed by atoms with E-state index in [1.807, 2.05) is 0 Å². The normalized spacial score (nSPS) is 15.5. The number of carbonyl (C=O) groups excluding carboxylic acids is 2. The summed E-state index contributed by atoms with van der Waals surface area (Å²) in [5.41, 5.74) is 0.327. The van der Waals surface area contributed by atoms with E-state index in [2.05, 4.69) is 5.32 Å². The minimum absolute atomic E-state index is 0.123. The summed E-state index contributed by atoms with van der Waals surface area (Å²) in [5.74, 6) is -0.0973. The van der Waals surface area contributed by atoms with Gasteiger partial charge < -0.3 is 9.47 Å². The fourth-order valence-electron chi connectivity index (χ4n) is 1.75. The minimum Gasteiger partial charge on any atom is -0.481 e. The molecule has 0 bridgehead atoms. The number of rotatable bonds is 4. The molecule has 7 nitrogen and oxygen atoms in total. The van der Waals surface area contributed by atoms with Crippen molar-refractivity contribution in [2.45, 2.75) is 16.9 Å². The Kier molecular flexibility index (Phi) is 5.80. The molecule has 1 atom stereocenters. The number of nitrogens with one attached hydrogen (secondary N) is 1. The molecular formula is C13H13Cl3N2O5. The molecule has 0 radical (unpaired) electrons. The van der Waals surface area contributed by atoms with E-state index in [4.69, 9.17) is 49.1 Å². The number of para-hydroxylation sites is 2. The lowest BCUT2D eigenvalue weighted by molar-refractivity contribution is -0.132. The predicted molar refractivity (Wildman–Crippen MR) is 84.7 cm³/mol. The van der Waals surface area contributed by atoms with Crippen molar-refractivity contribution >= 4 is 52.5 Å². The lowest BCUT2D eigenvalue weighted by Gasteiger charge is -2.33. The molecule has 1 aliphatic heterocycles. The molecule has 1 aromatic carbocycles. The highest BCUT2D eigenvalue weighted by Crippen LogP contribution is 2.36. The van der Waals surface area contributed by atoms with Crippen LogP contribution in [0.5, 0.6) is 5.75 Å². The van der Waals surface area contributed by atoms with Crippen LogP contribution in [0.4, 0.5) is 10.5 Å². The third-order valence-corrected chi connectivity index (χ3v) is 3.29. The van der Waals surface area contributed by atoms with Crippen molar-refractivity contribution in [2.24, 2.45) is 0 Å². The summed E-state index contributed by atoms with van der Waals surface area (Å²) in [7, 11) is 0. The highest BCUT2D eigenvalue weighted by Gasteiger charge is 2.40. The summed E-state index contributed by atoms with van der Waals surface area (Å²) in [6.45, 7) is 1.49. The van der Waals surface area contributed by atoms with Crippen LogP contribution in [-0.4, -0.2) is 35.2 Å². The van der Waals surface area contributed by atoms with Crippen molar-refractivity contribution in [1.29, 1.82) is 0 Å². The van der Waals surface area contributed by atoms with Gasteiger partial charge in [0, 0.05) is 0 Å². The zero-order chi connectivity index (χ0) is 17.0. The number of ether oxygens (including phenoxy) is 2. The van der Waals surface area contributed by atoms with Gasteiger partial charge in [-0.15, -0.1) is 0 Å². The average Bonchev–Trinajstić information content (AvgIpc) is 2.48. The Hall–Kier alpha value is -1.41. The van der Waals surface area contributed by atoms with E-state index in [1.54, 1.807) is 31.2 Å². The molecule has 2 amide bonds. The Balaban J connectivity index is 2.22. The lowest BCUT2D eigenvalue weighted by Crippen LogP contribution is -2.52. The summed E-state index contributed by atoms with van der Waals surface area (Å²) in [4.78, 5) is 29.0. The number of fused-ring (bicyclic) bond motifs is 1. The van der Waals surface area contributed by atoms with Gasteiger partial charge in [0.05, 0.1) is 6.61 Å². The first-order valence-electron chi connectivity index (χ1n) is 6.54. The topological polar surface area (TPSA) is 77.1 Å². The smallest absolute Gasteiger partial charge is 0.409 e. The highest BCUT2D eigenvalue weighted by molar-refractivity contribution is 6.68. The van der Waals surface area contributed by atoms with E-state index >= 15 is 0 Å². The molecule has 1 N–H and O–H groups in total. The number of benzene rings is 1. The van der Waals surface area contributed by atoms with E-state index < -0.39 is 22.0 Å². The number of nitrogens with zero attached hydrogens (tertiary/aromatic N) is 1. The Morgan fingerprint density at radius 2 is 2.13 bits per heavy atom. The molecule has 0 aliphatic carbocycles. The van der Waals surface area contributed by atoms with Crippen molar-refractivity contribution in [2.75, 3.05) is 18.3 Å². The van der Waals surface area contributed by atoms with Crippen molar-refractivity contribution in [1.82, 2.24) is 5.32 Å². The van der Waals surface area contributed by atoms with E-state index in [-0.39, 0.29) is 13.2 Å². The monoisotopic (exact) mass is 382 g/mol.